The van der Waals surface area contributed by atoms with E-state index in [-0.39, 0.29) is 6.04 Å². The Labute approximate surface area is 114 Å². The highest BCUT2D eigenvalue weighted by molar-refractivity contribution is 9.10. The van der Waals surface area contributed by atoms with Gasteiger partial charge in [-0.15, -0.1) is 11.3 Å². The van der Waals surface area contributed by atoms with E-state index in [9.17, 15) is 0 Å². The molecule has 0 aliphatic rings. The van der Waals surface area contributed by atoms with Crippen molar-refractivity contribution < 1.29 is 4.74 Å². The lowest BCUT2D eigenvalue weighted by Gasteiger charge is -2.15. The van der Waals surface area contributed by atoms with E-state index in [1.165, 1.54) is 4.88 Å². The van der Waals surface area contributed by atoms with Crippen LogP contribution in [0.3, 0.4) is 0 Å². The normalized spacial score (nSPS) is 12.5. The SMILES string of the molecule is COc1cc(Br)ccc1C(N)c1csc(C)c1. The van der Waals surface area contributed by atoms with Crippen LogP contribution < -0.4 is 10.5 Å². The number of hydrogen-bond acceptors (Lipinski definition) is 3. The van der Waals surface area contributed by atoms with E-state index >= 15 is 0 Å². The molecule has 1 aromatic heterocycles. The van der Waals surface area contributed by atoms with Crippen molar-refractivity contribution in [2.75, 3.05) is 7.11 Å². The van der Waals surface area contributed by atoms with Gasteiger partial charge in [0.05, 0.1) is 13.2 Å². The first-order valence-corrected chi connectivity index (χ1v) is 6.93. The van der Waals surface area contributed by atoms with Gasteiger partial charge in [0.2, 0.25) is 0 Å². The first-order chi connectivity index (χ1) is 8.11. The van der Waals surface area contributed by atoms with E-state index in [0.29, 0.717) is 0 Å². The second-order valence-corrected chi connectivity index (χ2v) is 5.89. The second kappa shape index (κ2) is 5.21. The minimum absolute atomic E-state index is 0.136. The third-order valence-electron chi connectivity index (χ3n) is 2.64. The molecular formula is C13H14BrNOS. The Hall–Kier alpha value is -0.840. The van der Waals surface area contributed by atoms with Crippen LogP contribution >= 0.6 is 27.3 Å². The van der Waals surface area contributed by atoms with Crippen molar-refractivity contribution >= 4 is 27.3 Å². The average Bonchev–Trinajstić information content (AvgIpc) is 2.75. The molecule has 0 fully saturated rings. The number of nitrogens with two attached hydrogens (primary N) is 1. The molecule has 1 heterocycles. The van der Waals surface area contributed by atoms with Crippen molar-refractivity contribution in [3.8, 4) is 5.75 Å². The number of benzene rings is 1. The topological polar surface area (TPSA) is 35.2 Å². The molecule has 1 unspecified atom stereocenters. The molecule has 2 nitrogen and oxygen atoms in total. The maximum Gasteiger partial charge on any atom is 0.125 e. The third-order valence-corrected chi connectivity index (χ3v) is 4.01. The fourth-order valence-corrected chi connectivity index (χ4v) is 2.83. The smallest absolute Gasteiger partial charge is 0.125 e. The summed E-state index contributed by atoms with van der Waals surface area (Å²) >= 11 is 5.14. The van der Waals surface area contributed by atoms with Gasteiger partial charge in [0.15, 0.2) is 0 Å². The highest BCUT2D eigenvalue weighted by atomic mass is 79.9. The number of thiophene rings is 1. The molecule has 4 heteroatoms. The zero-order valence-electron chi connectivity index (χ0n) is 9.74. The van der Waals surface area contributed by atoms with E-state index in [1.54, 1.807) is 18.4 Å². The van der Waals surface area contributed by atoms with Gasteiger partial charge < -0.3 is 10.5 Å². The Morgan fingerprint density at radius 3 is 2.71 bits per heavy atom. The van der Waals surface area contributed by atoms with Crippen LogP contribution in [0.2, 0.25) is 0 Å². The second-order valence-electron chi connectivity index (χ2n) is 3.85. The van der Waals surface area contributed by atoms with Crippen molar-refractivity contribution in [3.63, 3.8) is 0 Å². The lowest BCUT2D eigenvalue weighted by Crippen LogP contribution is -2.12. The van der Waals surface area contributed by atoms with Crippen LogP contribution in [0.1, 0.15) is 22.0 Å². The first kappa shape index (κ1) is 12.6. The van der Waals surface area contributed by atoms with Crippen LogP contribution in [0.15, 0.2) is 34.1 Å². The van der Waals surface area contributed by atoms with Gasteiger partial charge in [-0.25, -0.2) is 0 Å². The van der Waals surface area contributed by atoms with Crippen LogP contribution in [0.25, 0.3) is 0 Å². The highest BCUT2D eigenvalue weighted by Crippen LogP contribution is 2.32. The van der Waals surface area contributed by atoms with E-state index in [1.807, 2.05) is 18.2 Å². The summed E-state index contributed by atoms with van der Waals surface area (Å²) < 4.78 is 6.36. The standard InChI is InChI=1S/C13H14BrNOS/c1-8-5-9(7-17-8)13(15)11-4-3-10(14)6-12(11)16-2/h3-7,13H,15H2,1-2H3. The molecule has 2 rings (SSSR count). The zero-order chi connectivity index (χ0) is 12.4. The number of halogens is 1. The fraction of sp³-hybridized carbons (Fsp3) is 0.231. The Balaban J connectivity index is 2.39. The number of ether oxygens (including phenoxy) is 1. The lowest BCUT2D eigenvalue weighted by molar-refractivity contribution is 0.407. The van der Waals surface area contributed by atoms with Gasteiger partial charge in [-0.3, -0.25) is 0 Å². The van der Waals surface area contributed by atoms with Crippen molar-refractivity contribution in [1.29, 1.82) is 0 Å². The summed E-state index contributed by atoms with van der Waals surface area (Å²) in [5, 5.41) is 2.10. The van der Waals surface area contributed by atoms with Gasteiger partial charge in [0.1, 0.15) is 5.75 Å². The largest absolute Gasteiger partial charge is 0.496 e. The van der Waals surface area contributed by atoms with E-state index in [0.717, 1.165) is 21.3 Å². The van der Waals surface area contributed by atoms with E-state index in [2.05, 4.69) is 34.3 Å². The molecule has 0 spiro atoms. The molecule has 0 amide bonds. The first-order valence-electron chi connectivity index (χ1n) is 5.26. The minimum atomic E-state index is -0.136. The number of aryl methyl sites for hydroxylation is 1. The molecule has 0 saturated carbocycles. The monoisotopic (exact) mass is 311 g/mol. The molecule has 1 atom stereocenters. The van der Waals surface area contributed by atoms with E-state index in [4.69, 9.17) is 10.5 Å². The van der Waals surface area contributed by atoms with Gasteiger partial charge in [-0.2, -0.15) is 0 Å². The van der Waals surface area contributed by atoms with Crippen LogP contribution in [0.5, 0.6) is 5.75 Å². The van der Waals surface area contributed by atoms with Crippen LogP contribution in [-0.2, 0) is 0 Å². The molecule has 2 aromatic rings. The molecule has 17 heavy (non-hydrogen) atoms. The van der Waals surface area contributed by atoms with Crippen molar-refractivity contribution in [2.24, 2.45) is 5.73 Å². The van der Waals surface area contributed by atoms with Crippen LogP contribution in [0, 0.1) is 6.92 Å². The summed E-state index contributed by atoms with van der Waals surface area (Å²) in [6.45, 7) is 2.08. The molecule has 2 N–H and O–H groups in total. The van der Waals surface area contributed by atoms with Gasteiger partial charge in [0.25, 0.3) is 0 Å². The minimum Gasteiger partial charge on any atom is -0.496 e. The Morgan fingerprint density at radius 1 is 1.35 bits per heavy atom. The molecule has 1 aromatic carbocycles. The summed E-state index contributed by atoms with van der Waals surface area (Å²) in [5.41, 5.74) is 8.41. The molecule has 0 aliphatic carbocycles. The number of methoxy groups -OCH3 is 1. The fourth-order valence-electron chi connectivity index (χ4n) is 1.75. The molecular weight excluding hydrogens is 298 g/mol. The molecule has 0 saturated heterocycles. The predicted octanol–water partition coefficient (Wildman–Crippen LogP) is 3.88. The summed E-state index contributed by atoms with van der Waals surface area (Å²) in [6, 6.07) is 7.91. The summed E-state index contributed by atoms with van der Waals surface area (Å²) in [7, 11) is 1.66. The summed E-state index contributed by atoms with van der Waals surface area (Å²) in [4.78, 5) is 1.27. The number of hydrogen-bond donors (Lipinski definition) is 1. The Kier molecular flexibility index (Phi) is 3.86. The third kappa shape index (κ3) is 2.70. The Bertz CT molecular complexity index is 524. The molecule has 0 aliphatic heterocycles. The van der Waals surface area contributed by atoms with Gasteiger partial charge in [0, 0.05) is 14.9 Å². The van der Waals surface area contributed by atoms with Crippen molar-refractivity contribution in [2.45, 2.75) is 13.0 Å². The molecule has 0 bridgehead atoms. The van der Waals surface area contributed by atoms with Crippen molar-refractivity contribution in [3.05, 3.63) is 50.1 Å². The summed E-state index contributed by atoms with van der Waals surface area (Å²) in [5.74, 6) is 0.815. The van der Waals surface area contributed by atoms with Gasteiger partial charge in [-0.1, -0.05) is 22.0 Å². The van der Waals surface area contributed by atoms with Crippen molar-refractivity contribution in [1.82, 2.24) is 0 Å². The van der Waals surface area contributed by atoms with Gasteiger partial charge in [-0.05, 0) is 36.1 Å². The summed E-state index contributed by atoms with van der Waals surface area (Å²) in [6.07, 6.45) is 0. The zero-order valence-corrected chi connectivity index (χ0v) is 12.1. The lowest BCUT2D eigenvalue weighted by atomic mass is 10.0. The van der Waals surface area contributed by atoms with Gasteiger partial charge >= 0.3 is 0 Å². The van der Waals surface area contributed by atoms with E-state index < -0.39 is 0 Å². The predicted molar refractivity (Wildman–Crippen MR) is 75.8 cm³/mol. The number of rotatable bonds is 3. The molecule has 0 radical (unpaired) electrons. The Morgan fingerprint density at radius 2 is 2.12 bits per heavy atom. The quantitative estimate of drug-likeness (QED) is 0.933. The highest BCUT2D eigenvalue weighted by Gasteiger charge is 2.15. The maximum atomic E-state index is 6.27. The molecule has 90 valence electrons. The van der Waals surface area contributed by atoms with Crippen LogP contribution in [-0.4, -0.2) is 7.11 Å². The maximum absolute atomic E-state index is 6.27. The van der Waals surface area contributed by atoms with Crippen LogP contribution in [0.4, 0.5) is 0 Å². The average molecular weight is 312 g/mol.